The molecule has 2 aromatic carbocycles. The van der Waals surface area contributed by atoms with Crippen molar-refractivity contribution in [2.75, 3.05) is 16.8 Å². The van der Waals surface area contributed by atoms with Crippen molar-refractivity contribution in [1.82, 2.24) is 4.90 Å². The van der Waals surface area contributed by atoms with Gasteiger partial charge in [0.2, 0.25) is 17.7 Å². The Labute approximate surface area is 168 Å². The van der Waals surface area contributed by atoms with Crippen LogP contribution in [-0.2, 0) is 19.9 Å². The van der Waals surface area contributed by atoms with Gasteiger partial charge in [-0.1, -0.05) is 35.9 Å². The summed E-state index contributed by atoms with van der Waals surface area (Å²) in [5.41, 5.74) is 2.13. The maximum Gasteiger partial charge on any atom is 0.250 e. The van der Waals surface area contributed by atoms with Gasteiger partial charge in [0.25, 0.3) is 0 Å². The lowest BCUT2D eigenvalue weighted by Crippen LogP contribution is -2.54. The van der Waals surface area contributed by atoms with Crippen LogP contribution in [0.1, 0.15) is 24.0 Å². The van der Waals surface area contributed by atoms with Gasteiger partial charge in [0.15, 0.2) is 0 Å². The number of fused-ring (bicyclic) bond motifs is 7. The second kappa shape index (κ2) is 5.54. The number of benzene rings is 2. The minimum Gasteiger partial charge on any atom is -0.324 e. The van der Waals surface area contributed by atoms with Crippen LogP contribution in [0.2, 0.25) is 0 Å². The third-order valence-electron chi connectivity index (χ3n) is 7.16. The zero-order valence-corrected chi connectivity index (χ0v) is 16.1. The van der Waals surface area contributed by atoms with E-state index in [1.54, 1.807) is 12.1 Å². The smallest absolute Gasteiger partial charge is 0.250 e. The van der Waals surface area contributed by atoms with E-state index in [2.05, 4.69) is 10.2 Å². The normalized spacial score (nSPS) is 32.7. The number of nitrogens with one attached hydrogen (secondary N) is 1. The van der Waals surface area contributed by atoms with Crippen molar-refractivity contribution < 1.29 is 14.4 Å². The van der Waals surface area contributed by atoms with Gasteiger partial charge in [-0.05, 0) is 44.5 Å². The maximum absolute atomic E-state index is 13.7. The first kappa shape index (κ1) is 16.9. The first-order valence-electron chi connectivity index (χ1n) is 10.2. The summed E-state index contributed by atoms with van der Waals surface area (Å²) in [6, 6.07) is 14.9. The number of carbonyl (C=O) groups excluding carboxylic acids is 3. The van der Waals surface area contributed by atoms with Crippen molar-refractivity contribution in [2.24, 2.45) is 11.8 Å². The number of carbonyl (C=O) groups is 3. The van der Waals surface area contributed by atoms with E-state index in [0.29, 0.717) is 5.69 Å². The summed E-state index contributed by atoms with van der Waals surface area (Å²) in [6.07, 6.45) is 1.76. The average molecular weight is 387 g/mol. The summed E-state index contributed by atoms with van der Waals surface area (Å²) in [7, 11) is 0. The van der Waals surface area contributed by atoms with E-state index in [1.165, 1.54) is 4.90 Å². The number of para-hydroxylation sites is 1. The molecule has 0 bridgehead atoms. The van der Waals surface area contributed by atoms with Gasteiger partial charge in [-0.25, -0.2) is 4.90 Å². The molecule has 3 saturated heterocycles. The van der Waals surface area contributed by atoms with Crippen LogP contribution in [0.5, 0.6) is 0 Å². The molecular weight excluding hydrogens is 366 g/mol. The molecule has 6 nitrogen and oxygen atoms in total. The van der Waals surface area contributed by atoms with Crippen molar-refractivity contribution >= 4 is 29.1 Å². The average Bonchev–Trinajstić information content (AvgIpc) is 3.41. The molecule has 4 heterocycles. The minimum absolute atomic E-state index is 0.0811. The Morgan fingerprint density at radius 2 is 1.83 bits per heavy atom. The number of imide groups is 1. The van der Waals surface area contributed by atoms with E-state index in [-0.39, 0.29) is 23.8 Å². The Kier molecular flexibility index (Phi) is 3.23. The van der Waals surface area contributed by atoms with Gasteiger partial charge in [-0.3, -0.25) is 19.3 Å². The molecule has 0 aromatic heterocycles. The molecule has 1 spiro atoms. The molecule has 4 aliphatic rings. The van der Waals surface area contributed by atoms with Gasteiger partial charge in [0, 0.05) is 17.3 Å². The molecule has 3 fully saturated rings. The highest BCUT2D eigenvalue weighted by atomic mass is 16.2. The molecule has 4 atom stereocenters. The van der Waals surface area contributed by atoms with Gasteiger partial charge < -0.3 is 5.32 Å². The van der Waals surface area contributed by atoms with Crippen molar-refractivity contribution in [1.29, 1.82) is 0 Å². The summed E-state index contributed by atoms with van der Waals surface area (Å²) >= 11 is 0. The summed E-state index contributed by atoms with van der Waals surface area (Å²) in [4.78, 5) is 44.2. The van der Waals surface area contributed by atoms with Crippen LogP contribution in [-0.4, -0.2) is 35.2 Å². The van der Waals surface area contributed by atoms with Gasteiger partial charge in [-0.2, -0.15) is 0 Å². The van der Waals surface area contributed by atoms with Crippen LogP contribution in [0.3, 0.4) is 0 Å². The van der Waals surface area contributed by atoms with Crippen LogP contribution in [0, 0.1) is 18.8 Å². The van der Waals surface area contributed by atoms with E-state index in [0.717, 1.165) is 36.2 Å². The SMILES string of the molecule is Cc1ccc2c(c1)[C@]1(C(=O)N2)[C@@H]2C(=O)N(c3ccccc3)C(=O)[C@@H]2[C@H]2CCCN21. The maximum atomic E-state index is 13.7. The van der Waals surface area contributed by atoms with E-state index in [9.17, 15) is 14.4 Å². The Morgan fingerprint density at radius 3 is 2.62 bits per heavy atom. The lowest BCUT2D eigenvalue weighted by Gasteiger charge is -2.36. The fourth-order valence-electron chi connectivity index (χ4n) is 6.15. The Bertz CT molecular complexity index is 1080. The van der Waals surface area contributed by atoms with Crippen molar-refractivity contribution in [3.05, 3.63) is 59.7 Å². The van der Waals surface area contributed by atoms with Gasteiger partial charge in [0.1, 0.15) is 5.54 Å². The summed E-state index contributed by atoms with van der Waals surface area (Å²) < 4.78 is 0. The number of hydrogen-bond acceptors (Lipinski definition) is 4. The van der Waals surface area contributed by atoms with Crippen LogP contribution >= 0.6 is 0 Å². The van der Waals surface area contributed by atoms with E-state index >= 15 is 0 Å². The van der Waals surface area contributed by atoms with Gasteiger partial charge in [0.05, 0.1) is 17.5 Å². The number of nitrogens with zero attached hydrogens (tertiary/aromatic N) is 2. The molecule has 3 amide bonds. The number of anilines is 2. The van der Waals surface area contributed by atoms with Gasteiger partial charge in [-0.15, -0.1) is 0 Å². The largest absolute Gasteiger partial charge is 0.324 e. The van der Waals surface area contributed by atoms with Crippen LogP contribution < -0.4 is 10.2 Å². The third-order valence-corrected chi connectivity index (χ3v) is 7.16. The molecule has 0 radical (unpaired) electrons. The molecule has 146 valence electrons. The lowest BCUT2D eigenvalue weighted by atomic mass is 9.75. The molecule has 6 rings (SSSR count). The zero-order valence-electron chi connectivity index (χ0n) is 16.1. The predicted molar refractivity (Wildman–Crippen MR) is 107 cm³/mol. The number of aryl methyl sites for hydroxylation is 1. The highest BCUT2D eigenvalue weighted by molar-refractivity contribution is 6.25. The quantitative estimate of drug-likeness (QED) is 0.763. The van der Waals surface area contributed by atoms with E-state index in [4.69, 9.17) is 0 Å². The first-order valence-corrected chi connectivity index (χ1v) is 10.2. The molecule has 2 aromatic rings. The highest BCUT2D eigenvalue weighted by Gasteiger charge is 2.74. The fourth-order valence-corrected chi connectivity index (χ4v) is 6.15. The van der Waals surface area contributed by atoms with Crippen molar-refractivity contribution in [3.8, 4) is 0 Å². The van der Waals surface area contributed by atoms with Crippen LogP contribution in [0.15, 0.2) is 48.5 Å². The second-order valence-corrected chi connectivity index (χ2v) is 8.52. The summed E-state index contributed by atoms with van der Waals surface area (Å²) in [5, 5.41) is 3.01. The van der Waals surface area contributed by atoms with E-state index in [1.807, 2.05) is 43.3 Å². The van der Waals surface area contributed by atoms with Crippen LogP contribution in [0.4, 0.5) is 11.4 Å². The Balaban J connectivity index is 1.58. The van der Waals surface area contributed by atoms with E-state index < -0.39 is 17.4 Å². The molecule has 4 aliphatic heterocycles. The Hall–Kier alpha value is -2.99. The number of hydrogen-bond donors (Lipinski definition) is 1. The lowest BCUT2D eigenvalue weighted by molar-refractivity contribution is -0.135. The molecule has 1 N–H and O–H groups in total. The number of rotatable bonds is 1. The predicted octanol–water partition coefficient (Wildman–Crippen LogP) is 2.43. The van der Waals surface area contributed by atoms with Crippen molar-refractivity contribution in [2.45, 2.75) is 31.3 Å². The van der Waals surface area contributed by atoms with Gasteiger partial charge >= 0.3 is 0 Å². The molecular formula is C23H21N3O3. The zero-order chi connectivity index (χ0) is 19.9. The Morgan fingerprint density at radius 1 is 1.03 bits per heavy atom. The minimum atomic E-state index is -1.09. The fraction of sp³-hybridized carbons (Fsp3) is 0.348. The highest BCUT2D eigenvalue weighted by Crippen LogP contribution is 2.60. The molecule has 29 heavy (non-hydrogen) atoms. The molecule has 0 aliphatic carbocycles. The van der Waals surface area contributed by atoms with Crippen molar-refractivity contribution in [3.63, 3.8) is 0 Å². The summed E-state index contributed by atoms with van der Waals surface area (Å²) in [5.74, 6) is -1.78. The summed E-state index contributed by atoms with van der Waals surface area (Å²) in [6.45, 7) is 2.72. The molecule has 0 unspecified atom stereocenters. The standard InChI is InChI=1S/C23H21N3O3/c1-13-9-10-16-15(12-13)23(22(29)24-16)19-18(17-8-5-11-25(17)23)20(27)26(21(19)28)14-6-3-2-4-7-14/h2-4,6-7,9-10,12,17-19H,5,8,11H2,1H3,(H,24,29)/t17-,18-,19+,23-/m1/s1. The topological polar surface area (TPSA) is 69.7 Å². The third kappa shape index (κ3) is 1.88. The first-order chi connectivity index (χ1) is 14.0. The monoisotopic (exact) mass is 387 g/mol. The number of amides is 3. The molecule has 6 heteroatoms. The van der Waals surface area contributed by atoms with Crippen LogP contribution in [0.25, 0.3) is 0 Å². The second-order valence-electron chi connectivity index (χ2n) is 8.52. The molecule has 0 saturated carbocycles.